The maximum Gasteiger partial charge on any atom is 0.354 e. The van der Waals surface area contributed by atoms with Crippen LogP contribution in [0.5, 0.6) is 0 Å². The summed E-state index contributed by atoms with van der Waals surface area (Å²) in [5.41, 5.74) is -1.85. The molecule has 1 amide bonds. The quantitative estimate of drug-likeness (QED) is 0.498. The van der Waals surface area contributed by atoms with Crippen LogP contribution in [-0.4, -0.2) is 39.7 Å². The lowest BCUT2D eigenvalue weighted by Gasteiger charge is -2.31. The number of ether oxygens (including phenoxy) is 1. The highest BCUT2D eigenvalue weighted by Gasteiger charge is 2.48. The summed E-state index contributed by atoms with van der Waals surface area (Å²) < 4.78 is 4.64. The van der Waals surface area contributed by atoms with Crippen LogP contribution >= 0.6 is 0 Å². The normalized spacial score (nSPS) is 18.7. The number of esters is 1. The van der Waals surface area contributed by atoms with Gasteiger partial charge < -0.3 is 9.84 Å². The Labute approximate surface area is 153 Å². The average molecular weight is 369 g/mol. The maximum atomic E-state index is 12.9. The molecule has 2 aromatic carbocycles. The summed E-state index contributed by atoms with van der Waals surface area (Å²) in [5, 5.41) is 26.8. The number of hydrazone groups is 1. The molecule has 0 aromatic heterocycles. The van der Waals surface area contributed by atoms with E-state index < -0.39 is 22.5 Å². The summed E-state index contributed by atoms with van der Waals surface area (Å²) in [6.45, 7) is 0. The van der Waals surface area contributed by atoms with Gasteiger partial charge in [0.1, 0.15) is 0 Å². The first-order valence-electron chi connectivity index (χ1n) is 7.89. The van der Waals surface area contributed by atoms with Crippen LogP contribution in [0.4, 0.5) is 5.69 Å². The third-order valence-corrected chi connectivity index (χ3v) is 4.16. The van der Waals surface area contributed by atoms with Crippen LogP contribution in [0.2, 0.25) is 0 Å². The van der Waals surface area contributed by atoms with Crippen molar-refractivity contribution in [1.29, 1.82) is 0 Å². The van der Waals surface area contributed by atoms with Crippen LogP contribution in [0, 0.1) is 10.1 Å². The second kappa shape index (κ2) is 6.96. The molecule has 3 rings (SSSR count). The minimum Gasteiger partial charge on any atom is -0.464 e. The second-order valence-electron chi connectivity index (χ2n) is 5.82. The Morgan fingerprint density at radius 3 is 2.37 bits per heavy atom. The molecule has 0 aliphatic carbocycles. The molecule has 0 saturated carbocycles. The first-order valence-corrected chi connectivity index (χ1v) is 7.89. The molecule has 9 heteroatoms. The number of aliphatic hydroxyl groups is 1. The topological polar surface area (TPSA) is 122 Å². The predicted octanol–water partition coefficient (Wildman–Crippen LogP) is 1.81. The zero-order valence-electron chi connectivity index (χ0n) is 14.2. The van der Waals surface area contributed by atoms with Crippen molar-refractivity contribution in [3.63, 3.8) is 0 Å². The summed E-state index contributed by atoms with van der Waals surface area (Å²) in [6, 6.07) is 13.2. The summed E-state index contributed by atoms with van der Waals surface area (Å²) in [4.78, 5) is 35.0. The fourth-order valence-electron chi connectivity index (χ4n) is 2.77. The maximum absolute atomic E-state index is 12.9. The van der Waals surface area contributed by atoms with Gasteiger partial charge in [0, 0.05) is 23.3 Å². The van der Waals surface area contributed by atoms with Gasteiger partial charge in [-0.3, -0.25) is 14.9 Å². The molecule has 1 heterocycles. The van der Waals surface area contributed by atoms with Crippen molar-refractivity contribution in [2.75, 3.05) is 7.11 Å². The molecule has 1 aliphatic rings. The Kier molecular flexibility index (Phi) is 4.70. The molecule has 0 spiro atoms. The first-order chi connectivity index (χ1) is 12.9. The molecule has 2 aromatic rings. The largest absolute Gasteiger partial charge is 0.464 e. The Morgan fingerprint density at radius 1 is 1.19 bits per heavy atom. The van der Waals surface area contributed by atoms with Crippen LogP contribution in [0.15, 0.2) is 59.7 Å². The molecule has 1 aliphatic heterocycles. The van der Waals surface area contributed by atoms with Crippen molar-refractivity contribution in [2.24, 2.45) is 5.10 Å². The summed E-state index contributed by atoms with van der Waals surface area (Å²) >= 11 is 0. The number of benzene rings is 2. The Hall–Kier alpha value is -3.59. The molecule has 138 valence electrons. The summed E-state index contributed by atoms with van der Waals surface area (Å²) in [6.07, 6.45) is -0.309. The number of methoxy groups -OCH3 is 1. The highest BCUT2D eigenvalue weighted by atomic mass is 16.6. The van der Waals surface area contributed by atoms with Gasteiger partial charge in [-0.2, -0.15) is 10.1 Å². The minimum atomic E-state index is -1.98. The molecule has 0 fully saturated rings. The van der Waals surface area contributed by atoms with Crippen LogP contribution < -0.4 is 0 Å². The monoisotopic (exact) mass is 369 g/mol. The lowest BCUT2D eigenvalue weighted by Crippen LogP contribution is -2.43. The van der Waals surface area contributed by atoms with Crippen LogP contribution in [0.1, 0.15) is 22.3 Å². The molecule has 27 heavy (non-hydrogen) atoms. The highest BCUT2D eigenvalue weighted by molar-refractivity contribution is 6.37. The zero-order valence-corrected chi connectivity index (χ0v) is 14.2. The van der Waals surface area contributed by atoms with Gasteiger partial charge in [-0.1, -0.05) is 18.2 Å². The first kappa shape index (κ1) is 18.2. The van der Waals surface area contributed by atoms with E-state index in [0.29, 0.717) is 0 Å². The van der Waals surface area contributed by atoms with E-state index in [-0.39, 0.29) is 28.9 Å². The number of hydrogen-bond donors (Lipinski definition) is 1. The number of carbonyl (C=O) groups excluding carboxylic acids is 2. The number of nitrogens with zero attached hydrogens (tertiary/aromatic N) is 3. The molecule has 0 unspecified atom stereocenters. The van der Waals surface area contributed by atoms with Crippen molar-refractivity contribution in [1.82, 2.24) is 5.01 Å². The van der Waals surface area contributed by atoms with Gasteiger partial charge in [0.2, 0.25) is 0 Å². The molecule has 0 radical (unpaired) electrons. The van der Waals surface area contributed by atoms with Gasteiger partial charge in [0.15, 0.2) is 11.4 Å². The second-order valence-corrected chi connectivity index (χ2v) is 5.82. The Bertz CT molecular complexity index is 926. The molecule has 1 N–H and O–H groups in total. The van der Waals surface area contributed by atoms with Crippen molar-refractivity contribution in [2.45, 2.75) is 12.1 Å². The van der Waals surface area contributed by atoms with E-state index in [0.717, 1.165) is 12.1 Å². The third-order valence-electron chi connectivity index (χ3n) is 4.16. The van der Waals surface area contributed by atoms with E-state index in [1.807, 2.05) is 0 Å². The minimum absolute atomic E-state index is 0.136. The summed E-state index contributed by atoms with van der Waals surface area (Å²) in [5.74, 6) is -1.41. The van der Waals surface area contributed by atoms with Gasteiger partial charge >= 0.3 is 5.97 Å². The van der Waals surface area contributed by atoms with E-state index in [2.05, 4.69) is 9.84 Å². The van der Waals surface area contributed by atoms with Crippen LogP contribution in [0.25, 0.3) is 0 Å². The molecule has 0 bridgehead atoms. The third kappa shape index (κ3) is 3.27. The van der Waals surface area contributed by atoms with Gasteiger partial charge in [-0.05, 0) is 24.3 Å². The molecule has 1 atom stereocenters. The van der Waals surface area contributed by atoms with Gasteiger partial charge in [0.25, 0.3) is 11.6 Å². The molecule has 0 saturated heterocycles. The van der Waals surface area contributed by atoms with Crippen LogP contribution in [-0.2, 0) is 15.3 Å². The zero-order chi connectivity index (χ0) is 19.6. The van der Waals surface area contributed by atoms with Crippen molar-refractivity contribution >= 4 is 23.3 Å². The number of rotatable bonds is 4. The fraction of sp³-hybridized carbons (Fsp3) is 0.167. The van der Waals surface area contributed by atoms with Crippen molar-refractivity contribution < 1.29 is 24.4 Å². The lowest BCUT2D eigenvalue weighted by atomic mass is 9.96. The predicted molar refractivity (Wildman–Crippen MR) is 93.7 cm³/mol. The van der Waals surface area contributed by atoms with Crippen LogP contribution in [0.3, 0.4) is 0 Å². The Balaban J connectivity index is 2.04. The smallest absolute Gasteiger partial charge is 0.354 e. The van der Waals surface area contributed by atoms with Crippen molar-refractivity contribution in [3.8, 4) is 0 Å². The van der Waals surface area contributed by atoms with Gasteiger partial charge in [-0.15, -0.1) is 0 Å². The molecular weight excluding hydrogens is 354 g/mol. The number of carbonyl (C=O) groups is 2. The number of nitro benzene ring substituents is 1. The fourth-order valence-corrected chi connectivity index (χ4v) is 2.77. The number of nitro groups is 1. The standard InChI is InChI=1S/C18H15N3O6/c1-27-17(23)15-11-18(24,13-7-9-14(10-8-13)21(25)26)20(19-15)16(22)12-5-3-2-4-6-12/h2-10,24H,11H2,1H3/t18-/m1/s1. The lowest BCUT2D eigenvalue weighted by molar-refractivity contribution is -0.384. The van der Waals surface area contributed by atoms with Gasteiger partial charge in [0.05, 0.1) is 18.5 Å². The highest BCUT2D eigenvalue weighted by Crippen LogP contribution is 2.37. The molecule has 9 nitrogen and oxygen atoms in total. The van der Waals surface area contributed by atoms with E-state index >= 15 is 0 Å². The SMILES string of the molecule is COC(=O)C1=NN(C(=O)c2ccccc2)[C@](O)(c2ccc([N+](=O)[O-])cc2)C1. The van der Waals surface area contributed by atoms with E-state index in [4.69, 9.17) is 0 Å². The van der Waals surface area contributed by atoms with Gasteiger partial charge in [-0.25, -0.2) is 4.79 Å². The number of non-ortho nitro benzene ring substituents is 1. The van der Waals surface area contributed by atoms with E-state index in [1.54, 1.807) is 30.3 Å². The molecular formula is C18H15N3O6. The van der Waals surface area contributed by atoms with E-state index in [9.17, 15) is 24.8 Å². The number of hydrogen-bond acceptors (Lipinski definition) is 7. The van der Waals surface area contributed by atoms with Crippen molar-refractivity contribution in [3.05, 3.63) is 75.8 Å². The summed E-state index contributed by atoms with van der Waals surface area (Å²) in [7, 11) is 1.16. The van der Waals surface area contributed by atoms with E-state index in [1.165, 1.54) is 24.3 Å². The average Bonchev–Trinajstić information content (AvgIpc) is 3.06. The number of amides is 1. The Morgan fingerprint density at radius 2 is 1.81 bits per heavy atom.